The second kappa shape index (κ2) is 8.52. The molecule has 0 radical (unpaired) electrons. The first-order valence-corrected chi connectivity index (χ1v) is 8.03. The van der Waals surface area contributed by atoms with E-state index in [0.29, 0.717) is 26.7 Å². The minimum atomic E-state index is -0.913. The van der Waals surface area contributed by atoms with Crippen LogP contribution in [0, 0.1) is 11.3 Å². The van der Waals surface area contributed by atoms with Crippen LogP contribution < -0.4 is 5.32 Å². The summed E-state index contributed by atoms with van der Waals surface area (Å²) in [5, 5.41) is 12.4. The summed E-state index contributed by atoms with van der Waals surface area (Å²) < 4.78 is 4.75. The van der Waals surface area contributed by atoms with E-state index in [1.807, 2.05) is 6.07 Å². The van der Waals surface area contributed by atoms with Gasteiger partial charge in [-0.3, -0.25) is 4.79 Å². The number of benzene rings is 2. The van der Waals surface area contributed by atoms with Crippen LogP contribution in [0.2, 0.25) is 10.0 Å². The maximum atomic E-state index is 12.3. The second-order valence-electron chi connectivity index (χ2n) is 5.19. The highest BCUT2D eigenvalue weighted by molar-refractivity contribution is 6.31. The molecule has 128 valence electrons. The van der Waals surface area contributed by atoms with Crippen molar-refractivity contribution in [2.75, 3.05) is 7.11 Å². The zero-order valence-electron chi connectivity index (χ0n) is 13.3. The number of nitriles is 1. The number of amides is 1. The molecule has 2 aromatic rings. The van der Waals surface area contributed by atoms with Crippen LogP contribution >= 0.6 is 23.2 Å². The lowest BCUT2D eigenvalue weighted by Crippen LogP contribution is -2.43. The molecule has 0 aliphatic rings. The fourth-order valence-electron chi connectivity index (χ4n) is 2.23. The quantitative estimate of drug-likeness (QED) is 0.811. The molecule has 1 unspecified atom stereocenters. The normalized spacial score (nSPS) is 11.3. The summed E-state index contributed by atoms with van der Waals surface area (Å²) in [7, 11) is 1.24. The van der Waals surface area contributed by atoms with Crippen LogP contribution in [0.15, 0.2) is 42.5 Å². The Morgan fingerprint density at radius 2 is 2.00 bits per heavy atom. The predicted octanol–water partition coefficient (Wildman–Crippen LogP) is 3.38. The first-order chi connectivity index (χ1) is 11.9. The van der Waals surface area contributed by atoms with Crippen LogP contribution in [0.3, 0.4) is 0 Å². The number of esters is 1. The van der Waals surface area contributed by atoms with Crippen LogP contribution in [-0.4, -0.2) is 25.0 Å². The Kier molecular flexibility index (Phi) is 6.40. The number of hydrogen-bond acceptors (Lipinski definition) is 4. The third-order valence-electron chi connectivity index (χ3n) is 3.47. The maximum absolute atomic E-state index is 12.3. The van der Waals surface area contributed by atoms with Gasteiger partial charge in [-0.15, -0.1) is 0 Å². The number of carbonyl (C=O) groups excluding carboxylic acids is 2. The van der Waals surface area contributed by atoms with Gasteiger partial charge in [0.2, 0.25) is 0 Å². The van der Waals surface area contributed by atoms with E-state index in [2.05, 4.69) is 5.32 Å². The van der Waals surface area contributed by atoms with E-state index in [1.54, 1.807) is 36.4 Å². The smallest absolute Gasteiger partial charge is 0.328 e. The van der Waals surface area contributed by atoms with Crippen molar-refractivity contribution in [3.05, 3.63) is 69.2 Å². The SMILES string of the molecule is COC(=O)C(Cc1ccc(Cl)c(C#N)c1)NC(=O)c1cccc(Cl)c1. The monoisotopic (exact) mass is 376 g/mol. The Bertz CT molecular complexity index is 846. The van der Waals surface area contributed by atoms with Crippen molar-refractivity contribution in [3.8, 4) is 6.07 Å². The molecule has 25 heavy (non-hydrogen) atoms. The number of carbonyl (C=O) groups is 2. The van der Waals surface area contributed by atoms with Crippen molar-refractivity contribution in [1.29, 1.82) is 5.26 Å². The highest BCUT2D eigenvalue weighted by atomic mass is 35.5. The first-order valence-electron chi connectivity index (χ1n) is 7.27. The highest BCUT2D eigenvalue weighted by Crippen LogP contribution is 2.18. The van der Waals surface area contributed by atoms with E-state index in [-0.39, 0.29) is 6.42 Å². The molecule has 0 spiro atoms. The summed E-state index contributed by atoms with van der Waals surface area (Å²) in [5.41, 5.74) is 1.29. The van der Waals surface area contributed by atoms with E-state index in [0.717, 1.165) is 0 Å². The van der Waals surface area contributed by atoms with Crippen molar-refractivity contribution in [3.63, 3.8) is 0 Å². The lowest BCUT2D eigenvalue weighted by molar-refractivity contribution is -0.142. The lowest BCUT2D eigenvalue weighted by atomic mass is 10.0. The minimum absolute atomic E-state index is 0.158. The number of nitrogens with zero attached hydrogens (tertiary/aromatic N) is 1. The van der Waals surface area contributed by atoms with Gasteiger partial charge in [0.25, 0.3) is 5.91 Å². The molecule has 1 N–H and O–H groups in total. The summed E-state index contributed by atoms with van der Waals surface area (Å²) in [4.78, 5) is 24.4. The van der Waals surface area contributed by atoms with E-state index in [9.17, 15) is 9.59 Å². The third-order valence-corrected chi connectivity index (χ3v) is 4.03. The molecule has 0 aliphatic carbocycles. The molecule has 0 fully saturated rings. The zero-order chi connectivity index (χ0) is 18.4. The summed E-state index contributed by atoms with van der Waals surface area (Å²) in [6, 6.07) is 12.3. The molecular formula is C18H14Cl2N2O3. The molecule has 0 aliphatic heterocycles. The second-order valence-corrected chi connectivity index (χ2v) is 6.03. The zero-order valence-corrected chi connectivity index (χ0v) is 14.8. The lowest BCUT2D eigenvalue weighted by Gasteiger charge is -2.17. The number of ether oxygens (including phenoxy) is 1. The van der Waals surface area contributed by atoms with Crippen LogP contribution in [0.25, 0.3) is 0 Å². The summed E-state index contributed by atoms with van der Waals surface area (Å²) in [5.74, 6) is -1.05. The van der Waals surface area contributed by atoms with Crippen molar-refractivity contribution in [2.24, 2.45) is 0 Å². The average molecular weight is 377 g/mol. The van der Waals surface area contributed by atoms with Gasteiger partial charge in [0, 0.05) is 17.0 Å². The van der Waals surface area contributed by atoms with Gasteiger partial charge < -0.3 is 10.1 Å². The summed E-state index contributed by atoms with van der Waals surface area (Å²) in [6.45, 7) is 0. The van der Waals surface area contributed by atoms with E-state index in [4.69, 9.17) is 33.2 Å². The molecule has 0 saturated carbocycles. The molecule has 1 amide bonds. The van der Waals surface area contributed by atoms with Gasteiger partial charge in [0.15, 0.2) is 0 Å². The molecule has 1 atom stereocenters. The highest BCUT2D eigenvalue weighted by Gasteiger charge is 2.23. The van der Waals surface area contributed by atoms with E-state index < -0.39 is 17.9 Å². The van der Waals surface area contributed by atoms with Crippen LogP contribution in [0.1, 0.15) is 21.5 Å². The molecule has 2 aromatic carbocycles. The Hall–Kier alpha value is -2.55. The molecular weight excluding hydrogens is 363 g/mol. The molecule has 0 saturated heterocycles. The Morgan fingerprint density at radius 3 is 2.64 bits per heavy atom. The molecule has 5 nitrogen and oxygen atoms in total. The standard InChI is InChI=1S/C18H14Cl2N2O3/c1-25-18(24)16(8-11-5-6-15(20)13(7-11)10-21)22-17(23)12-3-2-4-14(19)9-12/h2-7,9,16H,8H2,1H3,(H,22,23). The molecule has 0 bridgehead atoms. The topological polar surface area (TPSA) is 79.2 Å². The van der Waals surface area contributed by atoms with Crippen molar-refractivity contribution < 1.29 is 14.3 Å². The molecule has 2 rings (SSSR count). The van der Waals surface area contributed by atoms with Crippen LogP contribution in [0.4, 0.5) is 0 Å². The number of rotatable bonds is 5. The van der Waals surface area contributed by atoms with Gasteiger partial charge in [-0.1, -0.05) is 35.3 Å². The van der Waals surface area contributed by atoms with Crippen molar-refractivity contribution in [1.82, 2.24) is 5.32 Å². The Morgan fingerprint density at radius 1 is 1.24 bits per heavy atom. The number of halogens is 2. The van der Waals surface area contributed by atoms with Gasteiger partial charge in [0.1, 0.15) is 12.1 Å². The summed E-state index contributed by atoms with van der Waals surface area (Å²) in [6.07, 6.45) is 0.158. The van der Waals surface area contributed by atoms with Gasteiger partial charge in [0.05, 0.1) is 17.7 Å². The van der Waals surface area contributed by atoms with Crippen molar-refractivity contribution >= 4 is 35.1 Å². The van der Waals surface area contributed by atoms with E-state index >= 15 is 0 Å². The largest absolute Gasteiger partial charge is 0.467 e. The number of hydrogen-bond donors (Lipinski definition) is 1. The van der Waals surface area contributed by atoms with Crippen LogP contribution in [0.5, 0.6) is 0 Å². The van der Waals surface area contributed by atoms with Crippen molar-refractivity contribution in [2.45, 2.75) is 12.5 Å². The van der Waals surface area contributed by atoms with Gasteiger partial charge in [-0.2, -0.15) is 5.26 Å². The number of methoxy groups -OCH3 is 1. The van der Waals surface area contributed by atoms with E-state index in [1.165, 1.54) is 13.2 Å². The predicted molar refractivity (Wildman–Crippen MR) is 94.6 cm³/mol. The van der Waals surface area contributed by atoms with Crippen LogP contribution in [-0.2, 0) is 16.0 Å². The maximum Gasteiger partial charge on any atom is 0.328 e. The molecule has 0 heterocycles. The minimum Gasteiger partial charge on any atom is -0.467 e. The average Bonchev–Trinajstić information content (AvgIpc) is 2.61. The van der Waals surface area contributed by atoms with Gasteiger partial charge >= 0.3 is 5.97 Å². The number of nitrogens with one attached hydrogen (secondary N) is 1. The Balaban J connectivity index is 2.21. The third kappa shape index (κ3) is 4.96. The fourth-order valence-corrected chi connectivity index (χ4v) is 2.58. The van der Waals surface area contributed by atoms with Gasteiger partial charge in [-0.25, -0.2) is 4.79 Å². The molecule has 7 heteroatoms. The van der Waals surface area contributed by atoms with Gasteiger partial charge in [-0.05, 0) is 35.9 Å². The molecule has 0 aromatic heterocycles. The first kappa shape index (κ1) is 18.8. The summed E-state index contributed by atoms with van der Waals surface area (Å²) >= 11 is 11.8. The fraction of sp³-hybridized carbons (Fsp3) is 0.167. The Labute approximate surface area is 155 Å².